The number of hydrogen-bond acceptors (Lipinski definition) is 6. The van der Waals surface area contributed by atoms with Crippen LogP contribution in [0.5, 0.6) is 0 Å². The monoisotopic (exact) mass is 289 g/mol. The predicted octanol–water partition coefficient (Wildman–Crippen LogP) is -0.123. The first-order chi connectivity index (χ1) is 9.41. The molecule has 0 amide bonds. The van der Waals surface area contributed by atoms with E-state index in [0.29, 0.717) is 0 Å². The van der Waals surface area contributed by atoms with E-state index in [1.165, 1.54) is 0 Å². The summed E-state index contributed by atoms with van der Waals surface area (Å²) in [4.78, 5) is 14.8. The van der Waals surface area contributed by atoms with Crippen LogP contribution < -0.4 is 11.4 Å². The molecule has 1 saturated heterocycles. The summed E-state index contributed by atoms with van der Waals surface area (Å²) in [5.41, 5.74) is 4.30. The molecule has 2 heterocycles. The lowest BCUT2D eigenvalue weighted by atomic mass is 9.97. The number of nitrogens with two attached hydrogens (primary N) is 1. The van der Waals surface area contributed by atoms with E-state index < -0.39 is 35.8 Å². The van der Waals surface area contributed by atoms with Gasteiger partial charge in [0.05, 0.1) is 18.9 Å². The number of halogens is 1. The average molecular weight is 289 g/mol. The quantitative estimate of drug-likeness (QED) is 0.664. The minimum Gasteiger partial charge on any atom is -0.390 e. The van der Waals surface area contributed by atoms with Gasteiger partial charge in [0.1, 0.15) is 6.10 Å². The first-order valence-electron chi connectivity index (χ1n) is 6.43. The molecule has 7 nitrogen and oxygen atoms in total. The van der Waals surface area contributed by atoms with Gasteiger partial charge in [-0.3, -0.25) is 4.57 Å². The molecule has 20 heavy (non-hydrogen) atoms. The summed E-state index contributed by atoms with van der Waals surface area (Å²) in [6.45, 7) is 5.83. The Bertz CT molecular complexity index is 508. The molecule has 4 N–H and O–H groups in total. The van der Waals surface area contributed by atoms with Gasteiger partial charge < -0.3 is 20.7 Å². The summed E-state index contributed by atoms with van der Waals surface area (Å²) in [7, 11) is 0. The van der Waals surface area contributed by atoms with Gasteiger partial charge in [-0.25, -0.2) is 9.18 Å². The van der Waals surface area contributed by atoms with Crippen LogP contribution in [-0.4, -0.2) is 38.6 Å². The number of rotatable bonds is 1. The third kappa shape index (κ3) is 3.14. The Morgan fingerprint density at radius 3 is 2.65 bits per heavy atom. The van der Waals surface area contributed by atoms with Crippen LogP contribution in [0.25, 0.3) is 0 Å². The van der Waals surface area contributed by atoms with E-state index in [4.69, 9.17) is 10.5 Å². The van der Waals surface area contributed by atoms with Crippen molar-refractivity contribution >= 4 is 5.82 Å². The molecule has 1 fully saturated rings. The fraction of sp³-hybridized carbons (Fsp3) is 0.667. The highest BCUT2D eigenvalue weighted by Crippen LogP contribution is 2.26. The summed E-state index contributed by atoms with van der Waals surface area (Å²) in [5, 5.41) is 19.5. The zero-order chi connectivity index (χ0) is 15.4. The number of aliphatic hydroxyl groups excluding tert-OH is 2. The van der Waals surface area contributed by atoms with Crippen LogP contribution in [0.3, 0.4) is 0 Å². The lowest BCUT2D eigenvalue weighted by molar-refractivity contribution is -0.189. The lowest BCUT2D eigenvalue weighted by Gasteiger charge is -2.36. The van der Waals surface area contributed by atoms with Gasteiger partial charge >= 0.3 is 5.69 Å². The molecule has 0 spiro atoms. The van der Waals surface area contributed by atoms with E-state index in [1.54, 1.807) is 6.92 Å². The minimum absolute atomic E-state index is 0.140. The molecule has 8 heteroatoms. The van der Waals surface area contributed by atoms with Gasteiger partial charge in [0.15, 0.2) is 17.9 Å². The molecule has 1 aromatic heterocycles. The SMILES string of the molecule is CC.CC1COC(n2cc(F)c(N)nc2=O)[C@H](O)[C@@H]1O. The molecule has 1 aliphatic rings. The molecule has 2 rings (SSSR count). The molecule has 0 saturated carbocycles. The summed E-state index contributed by atoms with van der Waals surface area (Å²) < 4.78 is 19.3. The van der Waals surface area contributed by atoms with Gasteiger partial charge in [-0.05, 0) is 0 Å². The Balaban J connectivity index is 0.000000956. The maximum atomic E-state index is 13.3. The van der Waals surface area contributed by atoms with Gasteiger partial charge in [0.2, 0.25) is 0 Å². The topological polar surface area (TPSA) is 111 Å². The number of nitrogens with zero attached hydrogens (tertiary/aromatic N) is 2. The van der Waals surface area contributed by atoms with Gasteiger partial charge in [-0.15, -0.1) is 0 Å². The number of anilines is 1. The van der Waals surface area contributed by atoms with Crippen molar-refractivity contribution in [2.24, 2.45) is 5.92 Å². The minimum atomic E-state index is -1.34. The fourth-order valence-electron chi connectivity index (χ4n) is 1.84. The van der Waals surface area contributed by atoms with Crippen LogP contribution in [0.15, 0.2) is 11.0 Å². The number of hydrogen-bond donors (Lipinski definition) is 3. The second-order valence-electron chi connectivity index (χ2n) is 4.35. The van der Waals surface area contributed by atoms with Crippen molar-refractivity contribution in [1.82, 2.24) is 9.55 Å². The smallest absolute Gasteiger partial charge is 0.351 e. The van der Waals surface area contributed by atoms with Crippen molar-refractivity contribution in [3.63, 3.8) is 0 Å². The zero-order valence-corrected chi connectivity index (χ0v) is 11.7. The first kappa shape index (κ1) is 16.5. The molecule has 114 valence electrons. The number of aliphatic hydroxyl groups is 2. The third-order valence-corrected chi connectivity index (χ3v) is 2.96. The van der Waals surface area contributed by atoms with Crippen LogP contribution in [0.2, 0.25) is 0 Å². The number of aromatic nitrogens is 2. The lowest BCUT2D eigenvalue weighted by Crippen LogP contribution is -2.49. The standard InChI is InChI=1S/C10H14FN3O4.C2H6/c1-4-3-18-9(7(16)6(4)15)14-2-5(11)8(12)13-10(14)17;1-2/h2,4,6-7,9,15-16H,3H2,1H3,(H2,12,13,17);1-2H3/t4?,6-,7-,9?;/m1./s1. The van der Waals surface area contributed by atoms with Crippen LogP contribution in [0.4, 0.5) is 10.2 Å². The summed E-state index contributed by atoms with van der Waals surface area (Å²) in [6.07, 6.45) is -2.76. The highest BCUT2D eigenvalue weighted by atomic mass is 19.1. The summed E-state index contributed by atoms with van der Waals surface area (Å²) in [6, 6.07) is 0. The second-order valence-corrected chi connectivity index (χ2v) is 4.35. The van der Waals surface area contributed by atoms with E-state index in [0.717, 1.165) is 10.8 Å². The average Bonchev–Trinajstić information content (AvgIpc) is 2.43. The fourth-order valence-corrected chi connectivity index (χ4v) is 1.84. The van der Waals surface area contributed by atoms with Crippen LogP contribution in [-0.2, 0) is 4.74 Å². The number of nitrogen functional groups attached to an aromatic ring is 1. The van der Waals surface area contributed by atoms with E-state index >= 15 is 0 Å². The molecule has 0 aliphatic carbocycles. The maximum Gasteiger partial charge on any atom is 0.351 e. The molecule has 0 bridgehead atoms. The van der Waals surface area contributed by atoms with E-state index in [9.17, 15) is 19.4 Å². The first-order valence-corrected chi connectivity index (χ1v) is 6.43. The highest BCUT2D eigenvalue weighted by Gasteiger charge is 2.38. The summed E-state index contributed by atoms with van der Waals surface area (Å²) >= 11 is 0. The Morgan fingerprint density at radius 1 is 1.45 bits per heavy atom. The zero-order valence-electron chi connectivity index (χ0n) is 11.7. The van der Waals surface area contributed by atoms with Gasteiger partial charge in [-0.1, -0.05) is 20.8 Å². The van der Waals surface area contributed by atoms with Crippen molar-refractivity contribution in [1.29, 1.82) is 0 Å². The molecule has 4 atom stereocenters. The van der Waals surface area contributed by atoms with Crippen molar-refractivity contribution in [3.8, 4) is 0 Å². The van der Waals surface area contributed by atoms with E-state index in [1.807, 2.05) is 13.8 Å². The Hall–Kier alpha value is -1.51. The second kappa shape index (κ2) is 6.78. The Morgan fingerprint density at radius 2 is 2.05 bits per heavy atom. The largest absolute Gasteiger partial charge is 0.390 e. The molecule has 1 aliphatic heterocycles. The molecular weight excluding hydrogens is 269 g/mol. The van der Waals surface area contributed by atoms with Crippen LogP contribution in [0, 0.1) is 11.7 Å². The Labute approximate surface area is 115 Å². The van der Waals surface area contributed by atoms with Crippen molar-refractivity contribution < 1.29 is 19.3 Å². The van der Waals surface area contributed by atoms with Crippen LogP contribution >= 0.6 is 0 Å². The van der Waals surface area contributed by atoms with Gasteiger partial charge in [0.25, 0.3) is 0 Å². The van der Waals surface area contributed by atoms with E-state index in [2.05, 4.69) is 4.98 Å². The highest BCUT2D eigenvalue weighted by molar-refractivity contribution is 5.26. The molecule has 1 aromatic rings. The van der Waals surface area contributed by atoms with Gasteiger partial charge in [-0.2, -0.15) is 4.98 Å². The Kier molecular flexibility index (Phi) is 5.61. The summed E-state index contributed by atoms with van der Waals surface area (Å²) in [5.74, 6) is -1.69. The maximum absolute atomic E-state index is 13.3. The van der Waals surface area contributed by atoms with Crippen molar-refractivity contribution in [2.45, 2.75) is 39.2 Å². The molecule has 2 unspecified atom stereocenters. The van der Waals surface area contributed by atoms with Crippen molar-refractivity contribution in [2.75, 3.05) is 12.3 Å². The number of ether oxygens (including phenoxy) is 1. The molecule has 0 radical (unpaired) electrons. The molecular formula is C12H20FN3O4. The normalized spacial score (nSPS) is 29.5. The third-order valence-electron chi connectivity index (χ3n) is 2.96. The van der Waals surface area contributed by atoms with Crippen LogP contribution in [0.1, 0.15) is 27.0 Å². The van der Waals surface area contributed by atoms with E-state index in [-0.39, 0.29) is 12.5 Å². The molecule has 0 aromatic carbocycles. The van der Waals surface area contributed by atoms with Crippen molar-refractivity contribution in [3.05, 3.63) is 22.5 Å². The van der Waals surface area contributed by atoms with Gasteiger partial charge in [0, 0.05) is 5.92 Å². The predicted molar refractivity (Wildman–Crippen MR) is 70.4 cm³/mol.